The summed E-state index contributed by atoms with van der Waals surface area (Å²) in [6, 6.07) is 23.5. The summed E-state index contributed by atoms with van der Waals surface area (Å²) < 4.78 is 26.5. The second-order valence-electron chi connectivity index (χ2n) is 7.92. The molecule has 1 aliphatic rings. The van der Waals surface area contributed by atoms with Crippen LogP contribution in [0.4, 0.5) is 4.39 Å². The minimum absolute atomic E-state index is 0.287. The smallest absolute Gasteiger partial charge is 0.304 e. The van der Waals surface area contributed by atoms with Crippen molar-refractivity contribution in [3.8, 4) is 0 Å². The third kappa shape index (κ3) is 4.56. The highest BCUT2D eigenvalue weighted by Crippen LogP contribution is 2.51. The minimum Gasteiger partial charge on any atom is -0.455 e. The molecule has 7 heteroatoms. The van der Waals surface area contributed by atoms with E-state index in [0.29, 0.717) is 10.0 Å². The summed E-state index contributed by atoms with van der Waals surface area (Å²) in [5, 5.41) is 0. The molecule has 1 fully saturated rings. The Morgan fingerprint density at radius 1 is 0.970 bits per heavy atom. The number of hydrogen-bond donors (Lipinski definition) is 0. The molecule has 1 aliphatic heterocycles. The zero-order valence-electron chi connectivity index (χ0n) is 18.2. The summed E-state index contributed by atoms with van der Waals surface area (Å²) in [6.07, 6.45) is -0.817. The molecule has 3 aromatic carbocycles. The first-order chi connectivity index (χ1) is 15.8. The monoisotopic (exact) mass is 511 g/mol. The third-order valence-corrected chi connectivity index (χ3v) is 6.11. The summed E-state index contributed by atoms with van der Waals surface area (Å²) >= 11 is 3.34. The number of carbonyl (C=O) groups excluding carboxylic acids is 2. The van der Waals surface area contributed by atoms with Crippen LogP contribution in [0.25, 0.3) is 0 Å². The molecule has 2 atom stereocenters. The van der Waals surface area contributed by atoms with Crippen LogP contribution in [0.5, 0.6) is 0 Å². The highest BCUT2D eigenvalue weighted by atomic mass is 79.9. The molecule has 170 valence electrons. The molecular weight excluding hydrogens is 489 g/mol. The van der Waals surface area contributed by atoms with Gasteiger partial charge in [0.1, 0.15) is 5.82 Å². The van der Waals surface area contributed by atoms with Crippen LogP contribution in [-0.4, -0.2) is 29.5 Å². The van der Waals surface area contributed by atoms with Gasteiger partial charge in [0.2, 0.25) is 5.72 Å². The molecule has 0 aromatic heterocycles. The number of carbonyl (C=O) groups is 2. The van der Waals surface area contributed by atoms with Gasteiger partial charge in [-0.15, -0.1) is 0 Å². The van der Waals surface area contributed by atoms with Crippen molar-refractivity contribution >= 4 is 27.9 Å². The van der Waals surface area contributed by atoms with Crippen LogP contribution in [0.2, 0.25) is 0 Å². The van der Waals surface area contributed by atoms with Crippen molar-refractivity contribution in [2.24, 2.45) is 0 Å². The second kappa shape index (κ2) is 9.45. The Hall–Kier alpha value is -3.03. The van der Waals surface area contributed by atoms with Gasteiger partial charge in [-0.05, 0) is 29.3 Å². The van der Waals surface area contributed by atoms with Gasteiger partial charge in [0, 0.05) is 30.4 Å². The summed E-state index contributed by atoms with van der Waals surface area (Å²) in [6.45, 7) is 2.88. The molecule has 1 saturated heterocycles. The maximum Gasteiger partial charge on any atom is 0.304 e. The fraction of sp³-hybridized carbons (Fsp3) is 0.231. The Morgan fingerprint density at radius 3 is 2.03 bits per heavy atom. The Kier molecular flexibility index (Phi) is 6.63. The van der Waals surface area contributed by atoms with Gasteiger partial charge >= 0.3 is 11.9 Å². The molecule has 4 rings (SSSR count). The average molecular weight is 512 g/mol. The highest BCUT2D eigenvalue weighted by molar-refractivity contribution is 9.10. The van der Waals surface area contributed by atoms with Gasteiger partial charge < -0.3 is 9.47 Å². The van der Waals surface area contributed by atoms with E-state index in [-0.39, 0.29) is 12.6 Å². The summed E-state index contributed by atoms with van der Waals surface area (Å²) in [5.74, 6) is -1.59. The van der Waals surface area contributed by atoms with Crippen molar-refractivity contribution in [3.63, 3.8) is 0 Å². The summed E-state index contributed by atoms with van der Waals surface area (Å²) in [5.41, 5.74) is 0.770. The summed E-state index contributed by atoms with van der Waals surface area (Å²) in [7, 11) is 0. The van der Waals surface area contributed by atoms with Crippen molar-refractivity contribution in [3.05, 3.63) is 106 Å². The van der Waals surface area contributed by atoms with Gasteiger partial charge in [-0.1, -0.05) is 76.6 Å². The molecule has 0 radical (unpaired) electrons. The predicted molar refractivity (Wildman–Crippen MR) is 125 cm³/mol. The van der Waals surface area contributed by atoms with Crippen molar-refractivity contribution in [2.75, 3.05) is 6.54 Å². The molecule has 0 bridgehead atoms. The molecule has 0 saturated carbocycles. The molecule has 2 unspecified atom stereocenters. The number of hydrogen-bond acceptors (Lipinski definition) is 5. The number of halogens is 2. The summed E-state index contributed by atoms with van der Waals surface area (Å²) in [4.78, 5) is 26.2. The molecular formula is C26H23BrFNO4. The fourth-order valence-corrected chi connectivity index (χ4v) is 4.93. The number of nitrogens with zero attached hydrogens (tertiary/aromatic N) is 1. The van der Waals surface area contributed by atoms with Gasteiger partial charge in [0.15, 0.2) is 6.10 Å². The topological polar surface area (TPSA) is 55.8 Å². The van der Waals surface area contributed by atoms with E-state index in [1.807, 2.05) is 65.6 Å². The second-order valence-corrected chi connectivity index (χ2v) is 8.84. The largest absolute Gasteiger partial charge is 0.455 e. The molecule has 0 spiro atoms. The Morgan fingerprint density at radius 2 is 1.55 bits per heavy atom. The van der Waals surface area contributed by atoms with Crippen LogP contribution >= 0.6 is 15.9 Å². The van der Waals surface area contributed by atoms with E-state index < -0.39 is 29.6 Å². The van der Waals surface area contributed by atoms with E-state index >= 15 is 0 Å². The maximum absolute atomic E-state index is 14.5. The first-order valence-corrected chi connectivity index (χ1v) is 11.3. The number of likely N-dealkylation sites (tertiary alicyclic amines) is 1. The van der Waals surface area contributed by atoms with E-state index in [1.54, 1.807) is 6.07 Å². The molecule has 0 N–H and O–H groups in total. The Balaban J connectivity index is 1.94. The fourth-order valence-electron chi connectivity index (χ4n) is 4.46. The molecule has 3 aromatic rings. The lowest BCUT2D eigenvalue weighted by Gasteiger charge is -2.58. The zero-order valence-corrected chi connectivity index (χ0v) is 19.8. The van der Waals surface area contributed by atoms with Crippen LogP contribution < -0.4 is 0 Å². The van der Waals surface area contributed by atoms with Crippen molar-refractivity contribution < 1.29 is 23.5 Å². The van der Waals surface area contributed by atoms with Crippen molar-refractivity contribution in [2.45, 2.75) is 31.7 Å². The van der Waals surface area contributed by atoms with E-state index in [1.165, 1.54) is 26.0 Å². The first-order valence-electron chi connectivity index (χ1n) is 10.5. The van der Waals surface area contributed by atoms with Crippen molar-refractivity contribution in [1.82, 2.24) is 4.90 Å². The van der Waals surface area contributed by atoms with Gasteiger partial charge in [-0.3, -0.25) is 9.59 Å². The Bertz CT molecular complexity index is 1100. The van der Waals surface area contributed by atoms with E-state index in [0.717, 1.165) is 11.1 Å². The molecule has 5 nitrogen and oxygen atoms in total. The number of ether oxygens (including phenoxy) is 2. The van der Waals surface area contributed by atoms with Gasteiger partial charge in [-0.2, -0.15) is 0 Å². The predicted octanol–water partition coefficient (Wildman–Crippen LogP) is 5.34. The van der Waals surface area contributed by atoms with Crippen LogP contribution in [0, 0.1) is 5.82 Å². The lowest BCUT2D eigenvalue weighted by atomic mass is 9.81. The number of esters is 2. The van der Waals surface area contributed by atoms with Crippen LogP contribution in [-0.2, 0) is 24.8 Å². The third-order valence-electron chi connectivity index (χ3n) is 5.65. The van der Waals surface area contributed by atoms with Crippen LogP contribution in [0.1, 0.15) is 36.6 Å². The van der Waals surface area contributed by atoms with Gasteiger partial charge in [0.05, 0.1) is 6.04 Å². The maximum atomic E-state index is 14.5. The first kappa shape index (κ1) is 23.1. The zero-order chi connectivity index (χ0) is 23.6. The normalized spacial score (nSPS) is 20.2. The Labute approximate surface area is 200 Å². The lowest BCUT2D eigenvalue weighted by molar-refractivity contribution is -0.293. The number of benzene rings is 3. The van der Waals surface area contributed by atoms with Crippen LogP contribution in [0.3, 0.4) is 0 Å². The minimum atomic E-state index is -1.52. The van der Waals surface area contributed by atoms with Gasteiger partial charge in [0.25, 0.3) is 0 Å². The van der Waals surface area contributed by atoms with E-state index in [4.69, 9.17) is 9.47 Å². The van der Waals surface area contributed by atoms with E-state index in [2.05, 4.69) is 15.9 Å². The van der Waals surface area contributed by atoms with Gasteiger partial charge in [-0.25, -0.2) is 9.29 Å². The quantitative estimate of drug-likeness (QED) is 0.418. The lowest BCUT2D eigenvalue weighted by Crippen LogP contribution is -2.71. The number of rotatable bonds is 6. The molecule has 0 amide bonds. The van der Waals surface area contributed by atoms with E-state index in [9.17, 15) is 14.0 Å². The van der Waals surface area contributed by atoms with Crippen molar-refractivity contribution in [1.29, 1.82) is 0 Å². The molecule has 0 aliphatic carbocycles. The molecule has 1 heterocycles. The standard InChI is InChI=1S/C26H23BrFNO4/c1-17(30)32-24-16-29(25(19-9-5-3-6-10-19)20-11-7-4-8-12-20)26(24,33-18(2)31)21-13-22(27)15-23(28)14-21/h3-15,24-25H,16H2,1-2H3. The molecule has 33 heavy (non-hydrogen) atoms. The van der Waals surface area contributed by atoms with Crippen LogP contribution in [0.15, 0.2) is 83.3 Å². The SMILES string of the molecule is CC(=O)OC1CN(C(c2ccccc2)c2ccccc2)C1(OC(C)=O)c1cc(F)cc(Br)c1. The average Bonchev–Trinajstić information content (AvgIpc) is 2.77. The highest BCUT2D eigenvalue weighted by Gasteiger charge is 2.63.